The Morgan fingerprint density at radius 2 is 1.54 bits per heavy atom. The number of cyclic esters (lactones) is 1. The van der Waals surface area contributed by atoms with Gasteiger partial charge >= 0.3 is 5.97 Å². The Morgan fingerprint density at radius 1 is 0.943 bits per heavy atom. The number of rotatable bonds is 5. The zero-order valence-electron chi connectivity index (χ0n) is 19.0. The number of aromatic hydroxyl groups is 3. The van der Waals surface area contributed by atoms with Crippen molar-refractivity contribution in [3.63, 3.8) is 0 Å². The van der Waals surface area contributed by atoms with Gasteiger partial charge in [0, 0.05) is 17.5 Å². The third-order valence-electron chi connectivity index (χ3n) is 6.82. The number of halogens is 1. The summed E-state index contributed by atoms with van der Waals surface area (Å²) in [5.74, 6) is -2.87. The van der Waals surface area contributed by atoms with Crippen LogP contribution in [0.4, 0.5) is 10.1 Å². The number of ether oxygens (including phenoxy) is 3. The fourth-order valence-electron chi connectivity index (χ4n) is 5.20. The van der Waals surface area contributed by atoms with Crippen molar-refractivity contribution in [2.24, 2.45) is 11.8 Å². The summed E-state index contributed by atoms with van der Waals surface area (Å²) in [7, 11) is 2.82. The second-order valence-corrected chi connectivity index (χ2v) is 8.67. The smallest absolute Gasteiger partial charge is 0.310 e. The molecule has 9 heteroatoms. The van der Waals surface area contributed by atoms with E-state index in [1.54, 1.807) is 24.3 Å². The molecule has 5 rings (SSSR count). The van der Waals surface area contributed by atoms with E-state index in [-0.39, 0.29) is 47.1 Å². The normalized spacial score (nSPS) is 22.7. The lowest BCUT2D eigenvalue weighted by atomic mass is 9.65. The van der Waals surface area contributed by atoms with Crippen LogP contribution in [0.3, 0.4) is 0 Å². The van der Waals surface area contributed by atoms with E-state index in [4.69, 9.17) is 14.2 Å². The highest BCUT2D eigenvalue weighted by Gasteiger charge is 2.52. The fraction of sp³-hybridized carbons (Fsp3) is 0.269. The summed E-state index contributed by atoms with van der Waals surface area (Å²) in [5, 5.41) is 34.5. The summed E-state index contributed by atoms with van der Waals surface area (Å²) in [5.41, 5.74) is 2.48. The molecule has 1 fully saturated rings. The Bertz CT molecular complexity index is 1270. The maximum atomic E-state index is 13.5. The monoisotopic (exact) mass is 481 g/mol. The van der Waals surface area contributed by atoms with Crippen molar-refractivity contribution >= 4 is 11.7 Å². The predicted octanol–water partition coefficient (Wildman–Crippen LogP) is 4.05. The number of benzene rings is 3. The number of carbonyl (C=O) groups excluding carboxylic acids is 1. The van der Waals surface area contributed by atoms with Crippen LogP contribution in [-0.2, 0) is 9.53 Å². The first kappa shape index (κ1) is 22.6. The van der Waals surface area contributed by atoms with Gasteiger partial charge in [-0.3, -0.25) is 4.79 Å². The number of hydrogen-bond donors (Lipinski definition) is 4. The van der Waals surface area contributed by atoms with E-state index >= 15 is 0 Å². The lowest BCUT2D eigenvalue weighted by molar-refractivity contribution is -0.141. The van der Waals surface area contributed by atoms with E-state index in [0.29, 0.717) is 22.4 Å². The fourth-order valence-corrected chi connectivity index (χ4v) is 5.20. The van der Waals surface area contributed by atoms with Crippen LogP contribution in [0.25, 0.3) is 0 Å². The number of carbonyl (C=O) groups is 1. The molecule has 0 unspecified atom stereocenters. The van der Waals surface area contributed by atoms with Crippen LogP contribution >= 0.6 is 0 Å². The molecular weight excluding hydrogens is 457 g/mol. The maximum absolute atomic E-state index is 13.5. The molecule has 1 aliphatic carbocycles. The van der Waals surface area contributed by atoms with Crippen LogP contribution in [-0.4, -0.2) is 42.1 Å². The van der Waals surface area contributed by atoms with E-state index in [1.807, 2.05) is 0 Å². The summed E-state index contributed by atoms with van der Waals surface area (Å²) >= 11 is 0. The van der Waals surface area contributed by atoms with Gasteiger partial charge in [-0.15, -0.1) is 0 Å². The Morgan fingerprint density at radius 3 is 2.14 bits per heavy atom. The van der Waals surface area contributed by atoms with Gasteiger partial charge in [0.1, 0.15) is 5.82 Å². The van der Waals surface area contributed by atoms with E-state index in [9.17, 15) is 24.5 Å². The van der Waals surface area contributed by atoms with Gasteiger partial charge in [0.2, 0.25) is 5.75 Å². The summed E-state index contributed by atoms with van der Waals surface area (Å²) in [6, 6.07) is 11.5. The summed E-state index contributed by atoms with van der Waals surface area (Å²) < 4.78 is 29.6. The highest BCUT2D eigenvalue weighted by Crippen LogP contribution is 2.55. The molecule has 1 saturated heterocycles. The minimum absolute atomic E-state index is 0.131. The quantitative estimate of drug-likeness (QED) is 0.319. The minimum Gasteiger partial charge on any atom is -0.504 e. The van der Waals surface area contributed by atoms with Crippen molar-refractivity contribution in [2.45, 2.75) is 12.0 Å². The van der Waals surface area contributed by atoms with Crippen molar-refractivity contribution in [2.75, 3.05) is 26.1 Å². The van der Waals surface area contributed by atoms with E-state index in [0.717, 1.165) is 0 Å². The number of methoxy groups -OCH3 is 2. The highest BCUT2D eigenvalue weighted by atomic mass is 19.1. The number of phenols is 3. The molecule has 0 radical (unpaired) electrons. The van der Waals surface area contributed by atoms with Crippen molar-refractivity contribution in [1.29, 1.82) is 0 Å². The van der Waals surface area contributed by atoms with E-state index in [1.165, 1.54) is 38.5 Å². The van der Waals surface area contributed by atoms with Gasteiger partial charge in [0.25, 0.3) is 0 Å². The van der Waals surface area contributed by atoms with Crippen LogP contribution in [0.15, 0.2) is 48.5 Å². The number of esters is 1. The van der Waals surface area contributed by atoms with Gasteiger partial charge in [-0.25, -0.2) is 4.39 Å². The maximum Gasteiger partial charge on any atom is 0.310 e. The third kappa shape index (κ3) is 3.73. The zero-order valence-corrected chi connectivity index (χ0v) is 19.0. The van der Waals surface area contributed by atoms with Crippen molar-refractivity contribution in [3.05, 3.63) is 71.0 Å². The molecule has 0 amide bonds. The van der Waals surface area contributed by atoms with E-state index in [2.05, 4.69) is 5.32 Å². The summed E-state index contributed by atoms with van der Waals surface area (Å²) in [6.07, 6.45) is 0. The molecule has 3 aromatic carbocycles. The molecule has 0 spiro atoms. The first-order valence-electron chi connectivity index (χ1n) is 11.0. The van der Waals surface area contributed by atoms with Gasteiger partial charge in [-0.1, -0.05) is 0 Å². The summed E-state index contributed by atoms with van der Waals surface area (Å²) in [4.78, 5) is 13.0. The molecule has 0 bridgehead atoms. The number of fused-ring (bicyclic) bond motifs is 2. The Balaban J connectivity index is 1.71. The molecule has 3 aromatic rings. The lowest BCUT2D eigenvalue weighted by Gasteiger charge is -2.40. The van der Waals surface area contributed by atoms with Gasteiger partial charge in [-0.2, -0.15) is 0 Å². The predicted molar refractivity (Wildman–Crippen MR) is 124 cm³/mol. The van der Waals surface area contributed by atoms with Crippen molar-refractivity contribution in [1.82, 2.24) is 0 Å². The molecular formula is C26H24FNO7. The first-order chi connectivity index (χ1) is 16.8. The van der Waals surface area contributed by atoms with Crippen LogP contribution in [0.5, 0.6) is 28.7 Å². The molecule has 4 N–H and O–H groups in total. The van der Waals surface area contributed by atoms with Crippen molar-refractivity contribution < 1.29 is 38.7 Å². The molecule has 1 heterocycles. The minimum atomic E-state index is -0.650. The van der Waals surface area contributed by atoms with Gasteiger partial charge in [0.05, 0.1) is 32.8 Å². The molecule has 0 aromatic heterocycles. The average molecular weight is 481 g/mol. The number of hydrogen-bond acceptors (Lipinski definition) is 8. The lowest BCUT2D eigenvalue weighted by Crippen LogP contribution is -2.37. The largest absolute Gasteiger partial charge is 0.504 e. The number of nitrogens with one attached hydrogen (secondary N) is 1. The topological polar surface area (TPSA) is 117 Å². The van der Waals surface area contributed by atoms with Crippen LogP contribution in [0.1, 0.15) is 28.7 Å². The number of phenolic OH excluding ortho intramolecular Hbond substituents is 3. The van der Waals surface area contributed by atoms with Crippen LogP contribution in [0.2, 0.25) is 0 Å². The standard InChI is InChI=1S/C26H24FNO7/c1-33-20-7-12(8-21(34-2)25(20)31)22-15-9-18(29)19(30)10-16(15)24(17-11-35-26(32)23(17)22)28-14-5-3-13(27)4-6-14/h3-10,17,22-24,28-31H,11H2,1-2H3/t17-,22+,23-,24+/m0/s1. The molecule has 182 valence electrons. The second kappa shape index (κ2) is 8.57. The second-order valence-electron chi connectivity index (χ2n) is 8.67. The molecule has 35 heavy (non-hydrogen) atoms. The van der Waals surface area contributed by atoms with Gasteiger partial charge in [0.15, 0.2) is 23.0 Å². The third-order valence-corrected chi connectivity index (χ3v) is 6.82. The van der Waals surface area contributed by atoms with Crippen molar-refractivity contribution in [3.8, 4) is 28.7 Å². The highest BCUT2D eigenvalue weighted by molar-refractivity contribution is 5.79. The summed E-state index contributed by atoms with van der Waals surface area (Å²) in [6.45, 7) is 0.131. The molecule has 1 aliphatic heterocycles. The van der Waals surface area contributed by atoms with Gasteiger partial charge < -0.3 is 34.8 Å². The van der Waals surface area contributed by atoms with Gasteiger partial charge in [-0.05, 0) is 65.2 Å². The Kier molecular flexibility index (Phi) is 5.55. The molecule has 2 aliphatic rings. The SMILES string of the molecule is COc1cc([C@@H]2c3cc(O)c(O)cc3[C@@H](Nc3ccc(F)cc3)[C@H]3COC(=O)[C@H]23)cc(OC)c1O. The Hall–Kier alpha value is -4.14. The molecule has 8 nitrogen and oxygen atoms in total. The molecule has 0 saturated carbocycles. The van der Waals surface area contributed by atoms with Crippen LogP contribution in [0, 0.1) is 17.7 Å². The molecule has 4 atom stereocenters. The Labute approximate surface area is 200 Å². The van der Waals surface area contributed by atoms with Crippen LogP contribution < -0.4 is 14.8 Å². The zero-order chi connectivity index (χ0) is 24.9. The first-order valence-corrected chi connectivity index (χ1v) is 11.0. The van der Waals surface area contributed by atoms with E-state index < -0.39 is 23.8 Å². The average Bonchev–Trinajstić information content (AvgIpc) is 3.23. The number of anilines is 1.